The fourth-order valence-corrected chi connectivity index (χ4v) is 2.90. The number of anilines is 1. The largest absolute Gasteiger partial charge is 0.449 e. The molecule has 0 aliphatic heterocycles. The minimum Gasteiger partial charge on any atom is -0.449 e. The summed E-state index contributed by atoms with van der Waals surface area (Å²) in [6.45, 7) is 2.82. The number of hydrogen-bond acceptors (Lipinski definition) is 3. The zero-order valence-corrected chi connectivity index (χ0v) is 15.9. The van der Waals surface area contributed by atoms with Gasteiger partial charge in [0.25, 0.3) is 0 Å². The Balaban J connectivity index is 1.83. The summed E-state index contributed by atoms with van der Waals surface area (Å²) in [5.74, 6) is 0. The maximum atomic E-state index is 11.9. The molecule has 0 aliphatic rings. The van der Waals surface area contributed by atoms with Gasteiger partial charge in [-0.1, -0.05) is 34.1 Å². The van der Waals surface area contributed by atoms with Gasteiger partial charge in [-0.25, -0.2) is 4.79 Å². The summed E-state index contributed by atoms with van der Waals surface area (Å²) in [6, 6.07) is 13.4. The van der Waals surface area contributed by atoms with Crippen LogP contribution in [-0.2, 0) is 22.5 Å². The van der Waals surface area contributed by atoms with Gasteiger partial charge in [-0.3, -0.25) is 10.1 Å². The number of benzene rings is 2. The van der Waals surface area contributed by atoms with Crippen LogP contribution < -0.4 is 5.32 Å². The van der Waals surface area contributed by atoms with Crippen LogP contribution in [0.15, 0.2) is 46.9 Å². The number of hydrogen-bond donors (Lipinski definition) is 1. The highest BCUT2D eigenvalue weighted by molar-refractivity contribution is 9.10. The predicted octanol–water partition coefficient (Wildman–Crippen LogP) is 4.14. The maximum absolute atomic E-state index is 11.9. The lowest BCUT2D eigenvalue weighted by Crippen LogP contribution is -2.17. The number of aryl methyl sites for hydroxylation is 1. The summed E-state index contributed by atoms with van der Waals surface area (Å²) in [5.41, 5.74) is 3.87. The van der Waals surface area contributed by atoms with Gasteiger partial charge in [0.2, 0.25) is 6.41 Å². The Labute approximate surface area is 156 Å². The number of nitrogens with zero attached hydrogens (tertiary/aromatic N) is 1. The highest BCUT2D eigenvalue weighted by atomic mass is 79.9. The fourth-order valence-electron chi connectivity index (χ4n) is 2.42. The molecule has 0 saturated heterocycles. The molecule has 25 heavy (non-hydrogen) atoms. The fraction of sp³-hybridized carbons (Fsp3) is 0.263. The molecule has 2 aromatic rings. The third-order valence-electron chi connectivity index (χ3n) is 3.69. The minimum atomic E-state index is -0.490. The first-order valence-corrected chi connectivity index (χ1v) is 8.70. The van der Waals surface area contributed by atoms with Gasteiger partial charge >= 0.3 is 6.09 Å². The molecule has 0 aromatic heterocycles. The van der Waals surface area contributed by atoms with E-state index < -0.39 is 6.09 Å². The second-order valence-corrected chi connectivity index (χ2v) is 6.72. The standard InChI is InChI=1S/C19H21BrN2O3/c1-14-10-17(20)7-6-16(14)8-9-25-19(24)21-18-5-3-4-15(11-18)12-22(2)13-23/h3-7,10-11,13H,8-9,12H2,1-2H3,(H,21,24). The minimum absolute atomic E-state index is 0.307. The van der Waals surface area contributed by atoms with Crippen molar-refractivity contribution in [3.63, 3.8) is 0 Å². The lowest BCUT2D eigenvalue weighted by molar-refractivity contribution is -0.117. The monoisotopic (exact) mass is 404 g/mol. The van der Waals surface area contributed by atoms with E-state index in [1.54, 1.807) is 13.1 Å². The highest BCUT2D eigenvalue weighted by Gasteiger charge is 2.06. The number of carbonyl (C=O) groups excluding carboxylic acids is 2. The van der Waals surface area contributed by atoms with Crippen LogP contribution in [0.4, 0.5) is 10.5 Å². The van der Waals surface area contributed by atoms with Gasteiger partial charge in [-0.2, -0.15) is 0 Å². The van der Waals surface area contributed by atoms with Gasteiger partial charge in [0, 0.05) is 30.2 Å². The lowest BCUT2D eigenvalue weighted by Gasteiger charge is -2.12. The Kier molecular flexibility index (Phi) is 7.01. The Bertz CT molecular complexity index is 749. The summed E-state index contributed by atoms with van der Waals surface area (Å²) >= 11 is 3.43. The number of halogens is 1. The van der Waals surface area contributed by atoms with Crippen LogP contribution in [0, 0.1) is 6.92 Å². The Hall–Kier alpha value is -2.34. The van der Waals surface area contributed by atoms with E-state index in [1.807, 2.05) is 43.3 Å². The van der Waals surface area contributed by atoms with Crippen LogP contribution in [0.3, 0.4) is 0 Å². The van der Waals surface area contributed by atoms with E-state index in [9.17, 15) is 9.59 Å². The summed E-state index contributed by atoms with van der Waals surface area (Å²) in [6.07, 6.45) is 0.936. The molecule has 132 valence electrons. The molecule has 0 radical (unpaired) electrons. The SMILES string of the molecule is Cc1cc(Br)ccc1CCOC(=O)Nc1cccc(CN(C)C=O)c1. The Morgan fingerprint density at radius 1 is 1.28 bits per heavy atom. The van der Waals surface area contributed by atoms with E-state index in [0.717, 1.165) is 27.6 Å². The van der Waals surface area contributed by atoms with Crippen molar-refractivity contribution in [3.8, 4) is 0 Å². The van der Waals surface area contributed by atoms with Crippen molar-refractivity contribution in [2.24, 2.45) is 0 Å². The van der Waals surface area contributed by atoms with Crippen molar-refractivity contribution in [3.05, 3.63) is 63.6 Å². The summed E-state index contributed by atoms with van der Waals surface area (Å²) < 4.78 is 6.28. The first-order valence-electron chi connectivity index (χ1n) is 7.91. The maximum Gasteiger partial charge on any atom is 0.411 e. The molecule has 0 spiro atoms. The topological polar surface area (TPSA) is 58.6 Å². The van der Waals surface area contributed by atoms with E-state index >= 15 is 0 Å². The number of amides is 2. The molecule has 5 nitrogen and oxygen atoms in total. The third-order valence-corrected chi connectivity index (χ3v) is 4.19. The molecule has 0 bridgehead atoms. The van der Waals surface area contributed by atoms with E-state index in [1.165, 1.54) is 4.90 Å². The van der Waals surface area contributed by atoms with Crippen LogP contribution >= 0.6 is 15.9 Å². The molecular formula is C19H21BrN2O3. The predicted molar refractivity (Wildman–Crippen MR) is 102 cm³/mol. The molecule has 1 N–H and O–H groups in total. The molecule has 0 atom stereocenters. The van der Waals surface area contributed by atoms with E-state index in [0.29, 0.717) is 25.3 Å². The second-order valence-electron chi connectivity index (χ2n) is 5.80. The number of ether oxygens (including phenoxy) is 1. The Morgan fingerprint density at radius 3 is 2.80 bits per heavy atom. The summed E-state index contributed by atoms with van der Waals surface area (Å²) in [4.78, 5) is 24.1. The zero-order chi connectivity index (χ0) is 18.2. The first kappa shape index (κ1) is 19.0. The molecular weight excluding hydrogens is 384 g/mol. The normalized spacial score (nSPS) is 10.2. The molecule has 0 aliphatic carbocycles. The van der Waals surface area contributed by atoms with Gasteiger partial charge < -0.3 is 9.64 Å². The smallest absolute Gasteiger partial charge is 0.411 e. The molecule has 2 amide bonds. The average Bonchev–Trinajstić information content (AvgIpc) is 2.57. The van der Waals surface area contributed by atoms with Crippen molar-refractivity contribution in [1.29, 1.82) is 0 Å². The van der Waals surface area contributed by atoms with Crippen molar-refractivity contribution >= 4 is 34.1 Å². The second kappa shape index (κ2) is 9.22. The summed E-state index contributed by atoms with van der Waals surface area (Å²) in [5, 5.41) is 2.71. The van der Waals surface area contributed by atoms with E-state index in [4.69, 9.17) is 4.74 Å². The number of carbonyl (C=O) groups is 2. The van der Waals surface area contributed by atoms with Crippen molar-refractivity contribution in [1.82, 2.24) is 4.90 Å². The summed E-state index contributed by atoms with van der Waals surface area (Å²) in [7, 11) is 1.70. The van der Waals surface area contributed by atoms with Crippen LogP contribution in [0.5, 0.6) is 0 Å². The van der Waals surface area contributed by atoms with Crippen LogP contribution in [0.1, 0.15) is 16.7 Å². The van der Waals surface area contributed by atoms with Crippen LogP contribution in [0.25, 0.3) is 0 Å². The molecule has 6 heteroatoms. The van der Waals surface area contributed by atoms with Gasteiger partial charge in [0.15, 0.2) is 0 Å². The first-order chi connectivity index (χ1) is 12.0. The average molecular weight is 405 g/mol. The molecule has 0 unspecified atom stereocenters. The van der Waals surface area contributed by atoms with Gasteiger partial charge in [-0.15, -0.1) is 0 Å². The molecule has 0 fully saturated rings. The van der Waals surface area contributed by atoms with Crippen LogP contribution in [0.2, 0.25) is 0 Å². The van der Waals surface area contributed by atoms with Crippen LogP contribution in [-0.4, -0.2) is 31.1 Å². The van der Waals surface area contributed by atoms with Gasteiger partial charge in [0.1, 0.15) is 0 Å². The quantitative estimate of drug-likeness (QED) is 0.705. The molecule has 2 aromatic carbocycles. The third kappa shape index (κ3) is 6.23. The lowest BCUT2D eigenvalue weighted by atomic mass is 10.1. The number of rotatable bonds is 7. The number of nitrogens with one attached hydrogen (secondary N) is 1. The van der Waals surface area contributed by atoms with Gasteiger partial charge in [-0.05, 0) is 47.9 Å². The highest BCUT2D eigenvalue weighted by Crippen LogP contribution is 2.16. The Morgan fingerprint density at radius 2 is 2.08 bits per heavy atom. The molecule has 2 rings (SSSR count). The zero-order valence-electron chi connectivity index (χ0n) is 14.3. The van der Waals surface area contributed by atoms with Gasteiger partial charge in [0.05, 0.1) is 6.61 Å². The van der Waals surface area contributed by atoms with Crippen molar-refractivity contribution in [2.45, 2.75) is 19.9 Å². The van der Waals surface area contributed by atoms with E-state index in [2.05, 4.69) is 21.2 Å². The molecule has 0 saturated carbocycles. The van der Waals surface area contributed by atoms with Crippen molar-refractivity contribution < 1.29 is 14.3 Å². The molecule has 0 heterocycles. The van der Waals surface area contributed by atoms with E-state index in [-0.39, 0.29) is 0 Å². The van der Waals surface area contributed by atoms with Crippen molar-refractivity contribution in [2.75, 3.05) is 19.0 Å².